The molecule has 4 aliphatic heterocycles. The van der Waals surface area contributed by atoms with Crippen LogP contribution in [0.2, 0.25) is 0 Å². The van der Waals surface area contributed by atoms with Crippen molar-refractivity contribution in [2.75, 3.05) is 46.0 Å². The van der Waals surface area contributed by atoms with Gasteiger partial charge < -0.3 is 9.80 Å². The van der Waals surface area contributed by atoms with Crippen LogP contribution >= 0.6 is 0 Å². The average molecular weight is 1060 g/mol. The number of rotatable bonds is 15. The molecule has 0 radical (unpaired) electrons. The van der Waals surface area contributed by atoms with Crippen molar-refractivity contribution in [1.29, 1.82) is 0 Å². The molecule has 0 aromatic heterocycles. The van der Waals surface area contributed by atoms with Crippen LogP contribution in [0.4, 0.5) is 49.1 Å². The van der Waals surface area contributed by atoms with E-state index in [1.165, 1.54) is 12.2 Å². The fourth-order valence-electron chi connectivity index (χ4n) is 9.50. The monoisotopic (exact) mass is 1060 g/mol. The Hall–Kier alpha value is -6.88. The van der Waals surface area contributed by atoms with E-state index in [0.29, 0.717) is 34.5 Å². The zero-order chi connectivity index (χ0) is 53.8. The molecular formula is C52H52F6N8O6S2. The number of hydrazone groups is 2. The fraction of sp³-hybridized carbons (Fsp3) is 0.308. The first-order valence-electron chi connectivity index (χ1n) is 23.5. The Morgan fingerprint density at radius 1 is 0.527 bits per heavy atom. The predicted octanol–water partition coefficient (Wildman–Crippen LogP) is 9.51. The van der Waals surface area contributed by atoms with Gasteiger partial charge in [-0.25, -0.2) is 26.3 Å². The van der Waals surface area contributed by atoms with E-state index < -0.39 is 90.7 Å². The number of amides is 2. The summed E-state index contributed by atoms with van der Waals surface area (Å²) in [5.74, 6) is -2.17. The van der Waals surface area contributed by atoms with Crippen LogP contribution in [0.15, 0.2) is 164 Å². The summed E-state index contributed by atoms with van der Waals surface area (Å²) >= 11 is 0. The molecule has 14 nitrogen and oxygen atoms in total. The summed E-state index contributed by atoms with van der Waals surface area (Å²) in [6.45, 7) is 11.9. The molecule has 0 unspecified atom stereocenters. The lowest BCUT2D eigenvalue weighted by molar-refractivity contribution is -0.115. The molecule has 4 aromatic carbocycles. The van der Waals surface area contributed by atoms with E-state index in [2.05, 4.69) is 19.6 Å². The van der Waals surface area contributed by atoms with Gasteiger partial charge in [-0.2, -0.15) is 46.6 Å². The van der Waals surface area contributed by atoms with Gasteiger partial charge in [0.25, 0.3) is 11.8 Å². The van der Waals surface area contributed by atoms with Crippen molar-refractivity contribution in [2.45, 2.75) is 87.4 Å². The maximum Gasteiger partial charge on any atom is 0.435 e. The zero-order valence-corrected chi connectivity index (χ0v) is 42.6. The van der Waals surface area contributed by atoms with Crippen LogP contribution < -0.4 is 29.3 Å². The van der Waals surface area contributed by atoms with Gasteiger partial charge in [-0.15, -0.1) is 0 Å². The van der Waals surface area contributed by atoms with E-state index in [1.54, 1.807) is 0 Å². The van der Waals surface area contributed by atoms with Crippen LogP contribution in [0, 0.1) is 0 Å². The highest BCUT2D eigenvalue weighted by atomic mass is 32.2. The smallest absolute Gasteiger partial charge is 0.344 e. The third-order valence-electron chi connectivity index (χ3n) is 13.1. The summed E-state index contributed by atoms with van der Waals surface area (Å²) in [4.78, 5) is 30.5. The lowest BCUT2D eigenvalue weighted by Crippen LogP contribution is -2.34. The van der Waals surface area contributed by atoms with Crippen molar-refractivity contribution in [1.82, 2.24) is 9.44 Å². The number of fused-ring (bicyclic) bond motifs is 2. The maximum absolute atomic E-state index is 14.4. The number of anilines is 4. The van der Waals surface area contributed by atoms with Crippen LogP contribution in [0.25, 0.3) is 0 Å². The number of allylic oxidation sites excluding steroid dienone is 6. The fourth-order valence-corrected chi connectivity index (χ4v) is 11.6. The molecule has 22 heteroatoms. The number of sulfonamides is 2. The summed E-state index contributed by atoms with van der Waals surface area (Å²) in [6.07, 6.45) is -3.32. The Balaban J connectivity index is 0.911. The van der Waals surface area contributed by atoms with Crippen LogP contribution in [0.5, 0.6) is 0 Å². The first kappa shape index (κ1) is 53.4. The van der Waals surface area contributed by atoms with Crippen LogP contribution in [-0.4, -0.2) is 78.6 Å². The Kier molecular flexibility index (Phi) is 14.3. The number of carbonyl (C=O) groups is 2. The van der Waals surface area contributed by atoms with Gasteiger partial charge >= 0.3 is 12.4 Å². The van der Waals surface area contributed by atoms with Gasteiger partial charge in [0, 0.05) is 59.8 Å². The highest BCUT2D eigenvalue weighted by molar-refractivity contribution is 7.90. The summed E-state index contributed by atoms with van der Waals surface area (Å²) in [5, 5.41) is 8.30. The number of halogens is 6. The highest BCUT2D eigenvalue weighted by Crippen LogP contribution is 2.49. The molecule has 0 saturated carbocycles. The van der Waals surface area contributed by atoms with Crippen LogP contribution in [0.1, 0.15) is 65.5 Å². The second-order valence-corrected chi connectivity index (χ2v) is 22.3. The van der Waals surface area contributed by atoms with E-state index in [9.17, 15) is 52.8 Å². The van der Waals surface area contributed by atoms with Crippen molar-refractivity contribution in [3.8, 4) is 0 Å². The molecule has 0 saturated heterocycles. The molecule has 74 heavy (non-hydrogen) atoms. The van der Waals surface area contributed by atoms with Crippen LogP contribution in [0.3, 0.4) is 0 Å². The van der Waals surface area contributed by atoms with Gasteiger partial charge in [0.15, 0.2) is 11.4 Å². The normalized spacial score (nSPS) is 19.9. The van der Waals surface area contributed by atoms with E-state index in [4.69, 9.17) is 0 Å². The van der Waals surface area contributed by atoms with Crippen molar-refractivity contribution in [3.63, 3.8) is 0 Å². The zero-order valence-electron chi connectivity index (χ0n) is 41.0. The number of para-hydroxylation sites is 2. The van der Waals surface area contributed by atoms with E-state index >= 15 is 0 Å². The molecule has 4 aliphatic rings. The Bertz CT molecular complexity index is 3110. The number of hydrogen-bond donors (Lipinski definition) is 2. The molecule has 8 rings (SSSR count). The lowest BCUT2D eigenvalue weighted by atomic mass is 9.83. The topological polar surface area (TPSA) is 164 Å². The quantitative estimate of drug-likeness (QED) is 0.0676. The third kappa shape index (κ3) is 9.94. The van der Waals surface area contributed by atoms with E-state index in [-0.39, 0.29) is 21.2 Å². The number of benzene rings is 4. The molecule has 0 bridgehead atoms. The van der Waals surface area contributed by atoms with E-state index in [0.717, 1.165) is 96.0 Å². The van der Waals surface area contributed by atoms with Gasteiger partial charge in [0.05, 0.1) is 32.3 Å². The van der Waals surface area contributed by atoms with Crippen molar-refractivity contribution in [2.24, 2.45) is 10.2 Å². The van der Waals surface area contributed by atoms with Crippen molar-refractivity contribution in [3.05, 3.63) is 155 Å². The number of alkyl halides is 6. The Labute approximate surface area is 425 Å². The minimum atomic E-state index is -5.02. The van der Waals surface area contributed by atoms with Gasteiger partial charge in [-0.3, -0.25) is 9.59 Å². The molecule has 0 fully saturated rings. The van der Waals surface area contributed by atoms with Gasteiger partial charge in [0.2, 0.25) is 20.0 Å². The molecule has 0 atom stereocenters. The SMILES string of the molecule is CCCN1/C(=C/C=C2\C(=O)N(c3ccc(S(=O)(=O)NCCNS(=O)(=O)c4ccc(N5N=C(C(F)(F)F)/C(=C/C=C6/N(CCC)c7ccccc7C6(C)C)C5=O)cc4)cc3)N=C2C(F)(F)F)C(C)(C)c2ccccc21. The number of nitrogens with zero attached hydrogens (tertiary/aromatic N) is 6. The number of nitrogens with one attached hydrogen (secondary N) is 2. The van der Waals surface area contributed by atoms with Gasteiger partial charge in [-0.05, 0) is 109 Å². The lowest BCUT2D eigenvalue weighted by Gasteiger charge is -2.26. The molecule has 4 aromatic rings. The molecule has 0 spiro atoms. The van der Waals surface area contributed by atoms with E-state index in [1.807, 2.05) is 99.9 Å². The largest absolute Gasteiger partial charge is 0.435 e. The molecule has 0 aliphatic carbocycles. The number of hydrogen-bond acceptors (Lipinski definition) is 10. The molecule has 2 amide bonds. The van der Waals surface area contributed by atoms with Crippen molar-refractivity contribution >= 4 is 66.0 Å². The van der Waals surface area contributed by atoms with Gasteiger partial charge in [-0.1, -0.05) is 77.9 Å². The second kappa shape index (κ2) is 19.8. The predicted molar refractivity (Wildman–Crippen MR) is 272 cm³/mol. The Morgan fingerprint density at radius 3 is 1.19 bits per heavy atom. The maximum atomic E-state index is 14.4. The summed E-state index contributed by atoms with van der Waals surface area (Å²) in [5.41, 5.74) is -0.590. The van der Waals surface area contributed by atoms with Gasteiger partial charge in [0.1, 0.15) is 0 Å². The average Bonchev–Trinajstić information content (AvgIpc) is 4.00. The van der Waals surface area contributed by atoms with Crippen LogP contribution in [-0.2, 0) is 40.5 Å². The third-order valence-corrected chi connectivity index (χ3v) is 16.0. The Morgan fingerprint density at radius 2 is 0.865 bits per heavy atom. The molecular weight excluding hydrogens is 1010 g/mol. The first-order chi connectivity index (χ1) is 34.7. The second-order valence-electron chi connectivity index (χ2n) is 18.8. The first-order valence-corrected chi connectivity index (χ1v) is 26.5. The minimum Gasteiger partial charge on any atom is -0.344 e. The molecule has 2 N–H and O–H groups in total. The summed E-state index contributed by atoms with van der Waals surface area (Å²) in [6, 6.07) is 23.9. The van der Waals surface area contributed by atoms with Crippen molar-refractivity contribution < 1.29 is 52.8 Å². The number of carbonyl (C=O) groups excluding carboxylic acids is 2. The summed E-state index contributed by atoms with van der Waals surface area (Å²) < 4.78 is 144. The molecule has 390 valence electrons. The standard InChI is InChI=1S/C52H52F6N8O6S2/c1-7-31-63-41-15-11-9-13-39(41)49(3,4)43(63)27-25-37-45(51(53,54)55)61-65(47(37)67)33-17-21-35(22-18-33)73(69,70)59-29-30-60-74(71,72)36-23-19-34(20-24-36)66-48(68)38(46(62-66)52(56,57)58)26-28-44-50(5,6)40-14-10-12-16-42(40)64(44)32-8-2/h9-28,59-60H,7-8,29-32H2,1-6H3/b37-25-,38-26-,43-27+,44-28+. The molecule has 4 heterocycles. The summed E-state index contributed by atoms with van der Waals surface area (Å²) in [7, 11) is -8.69. The highest BCUT2D eigenvalue weighted by Gasteiger charge is 2.49. The minimum absolute atomic E-state index is 0.156.